The first-order chi connectivity index (χ1) is 11.7. The minimum Gasteiger partial charge on any atom is -0.380 e. The Bertz CT molecular complexity index is 573. The molecule has 0 N–H and O–H groups in total. The number of piperidine rings is 1. The molecule has 3 aliphatic heterocycles. The molecule has 3 fully saturated rings. The number of nitrogens with zero attached hydrogens (tertiary/aromatic N) is 3. The molecule has 3 saturated heterocycles. The van der Waals surface area contributed by atoms with E-state index >= 15 is 0 Å². The van der Waals surface area contributed by atoms with E-state index in [0.717, 1.165) is 44.8 Å². The highest BCUT2D eigenvalue weighted by molar-refractivity contribution is 5.78. The molecular weight excluding hydrogens is 302 g/mol. The standard InChI is InChI=1S/C19H27N3O2/c23-18(11-16-3-1-7-20-12-16)22-8-2-5-19(15-22)6-9-21(14-19)17-4-10-24-13-17/h1,3,7,12,17H,2,4-6,8-11,13-15H2. The molecule has 24 heavy (non-hydrogen) atoms. The van der Waals surface area contributed by atoms with Crippen LogP contribution in [-0.2, 0) is 16.0 Å². The predicted octanol–water partition coefficient (Wildman–Crippen LogP) is 1.73. The average molecular weight is 329 g/mol. The fourth-order valence-electron chi connectivity index (χ4n) is 4.63. The predicted molar refractivity (Wildman–Crippen MR) is 91.6 cm³/mol. The van der Waals surface area contributed by atoms with E-state index in [4.69, 9.17) is 4.74 Å². The minimum atomic E-state index is 0.254. The van der Waals surface area contributed by atoms with Gasteiger partial charge in [0.25, 0.3) is 0 Å². The Hall–Kier alpha value is -1.46. The lowest BCUT2D eigenvalue weighted by atomic mass is 9.79. The third kappa shape index (κ3) is 3.33. The molecule has 1 aromatic heterocycles. The molecule has 1 amide bonds. The van der Waals surface area contributed by atoms with Gasteiger partial charge in [0, 0.05) is 50.1 Å². The lowest BCUT2D eigenvalue weighted by molar-refractivity contribution is -0.133. The Labute approximate surface area is 144 Å². The Morgan fingerprint density at radius 3 is 3.08 bits per heavy atom. The van der Waals surface area contributed by atoms with E-state index in [1.165, 1.54) is 25.8 Å². The van der Waals surface area contributed by atoms with Crippen molar-refractivity contribution >= 4 is 5.91 Å². The van der Waals surface area contributed by atoms with E-state index in [0.29, 0.717) is 17.9 Å². The van der Waals surface area contributed by atoms with E-state index in [1.807, 2.05) is 12.1 Å². The Morgan fingerprint density at radius 1 is 1.33 bits per heavy atom. The normalized spacial score (nSPS) is 31.0. The second kappa shape index (κ2) is 6.81. The quantitative estimate of drug-likeness (QED) is 0.847. The first kappa shape index (κ1) is 16.0. The second-order valence-corrected chi connectivity index (χ2v) is 7.69. The molecule has 0 aliphatic carbocycles. The van der Waals surface area contributed by atoms with Gasteiger partial charge in [-0.1, -0.05) is 6.07 Å². The maximum absolute atomic E-state index is 12.7. The zero-order chi connectivity index (χ0) is 16.4. The molecule has 5 nitrogen and oxygen atoms in total. The van der Waals surface area contributed by atoms with E-state index in [1.54, 1.807) is 12.4 Å². The highest BCUT2D eigenvalue weighted by atomic mass is 16.5. The van der Waals surface area contributed by atoms with Gasteiger partial charge in [-0.25, -0.2) is 0 Å². The van der Waals surface area contributed by atoms with Crippen molar-refractivity contribution in [3.63, 3.8) is 0 Å². The molecule has 0 saturated carbocycles. The maximum atomic E-state index is 12.7. The van der Waals surface area contributed by atoms with Crippen LogP contribution in [0.4, 0.5) is 0 Å². The number of carbonyl (C=O) groups is 1. The smallest absolute Gasteiger partial charge is 0.227 e. The van der Waals surface area contributed by atoms with Crippen LogP contribution < -0.4 is 0 Å². The summed E-state index contributed by atoms with van der Waals surface area (Å²) in [7, 11) is 0. The van der Waals surface area contributed by atoms with Gasteiger partial charge >= 0.3 is 0 Å². The Balaban J connectivity index is 1.37. The Kier molecular flexibility index (Phi) is 4.55. The molecule has 5 heteroatoms. The van der Waals surface area contributed by atoms with E-state index < -0.39 is 0 Å². The maximum Gasteiger partial charge on any atom is 0.227 e. The van der Waals surface area contributed by atoms with Crippen LogP contribution in [0.5, 0.6) is 0 Å². The molecule has 0 radical (unpaired) electrons. The van der Waals surface area contributed by atoms with Gasteiger partial charge in [-0.05, 0) is 43.9 Å². The van der Waals surface area contributed by atoms with Crippen molar-refractivity contribution in [2.45, 2.75) is 38.1 Å². The molecule has 1 spiro atoms. The van der Waals surface area contributed by atoms with Crippen LogP contribution >= 0.6 is 0 Å². The monoisotopic (exact) mass is 329 g/mol. The highest BCUT2D eigenvalue weighted by Gasteiger charge is 2.44. The summed E-state index contributed by atoms with van der Waals surface area (Å²) in [6.07, 6.45) is 8.81. The van der Waals surface area contributed by atoms with Crippen molar-refractivity contribution in [3.05, 3.63) is 30.1 Å². The van der Waals surface area contributed by atoms with Crippen LogP contribution in [0.1, 0.15) is 31.2 Å². The number of rotatable bonds is 3. The molecule has 130 valence electrons. The summed E-state index contributed by atoms with van der Waals surface area (Å²) in [5, 5.41) is 0. The number of ether oxygens (including phenoxy) is 1. The van der Waals surface area contributed by atoms with Crippen LogP contribution in [0.3, 0.4) is 0 Å². The summed E-state index contributed by atoms with van der Waals surface area (Å²) in [5.74, 6) is 0.254. The molecule has 2 unspecified atom stereocenters. The number of likely N-dealkylation sites (tertiary alicyclic amines) is 2. The summed E-state index contributed by atoms with van der Waals surface area (Å²) < 4.78 is 5.56. The number of carbonyl (C=O) groups excluding carboxylic acids is 1. The van der Waals surface area contributed by atoms with Gasteiger partial charge in [-0.3, -0.25) is 14.7 Å². The topological polar surface area (TPSA) is 45.7 Å². The average Bonchev–Trinajstić information content (AvgIpc) is 3.26. The van der Waals surface area contributed by atoms with Crippen molar-refractivity contribution in [2.24, 2.45) is 5.41 Å². The van der Waals surface area contributed by atoms with Gasteiger partial charge in [0.05, 0.1) is 13.0 Å². The molecule has 4 heterocycles. The van der Waals surface area contributed by atoms with Crippen LogP contribution in [0.2, 0.25) is 0 Å². The van der Waals surface area contributed by atoms with Crippen molar-refractivity contribution in [3.8, 4) is 0 Å². The summed E-state index contributed by atoms with van der Waals surface area (Å²) in [6, 6.07) is 4.49. The van der Waals surface area contributed by atoms with Crippen LogP contribution in [0.15, 0.2) is 24.5 Å². The number of hydrogen-bond acceptors (Lipinski definition) is 4. The van der Waals surface area contributed by atoms with Crippen molar-refractivity contribution in [1.29, 1.82) is 0 Å². The molecule has 4 rings (SSSR count). The zero-order valence-electron chi connectivity index (χ0n) is 14.3. The molecule has 0 bridgehead atoms. The largest absolute Gasteiger partial charge is 0.380 e. The van der Waals surface area contributed by atoms with Gasteiger partial charge in [-0.2, -0.15) is 0 Å². The molecule has 1 aromatic rings. The van der Waals surface area contributed by atoms with Gasteiger partial charge in [-0.15, -0.1) is 0 Å². The van der Waals surface area contributed by atoms with E-state index in [2.05, 4.69) is 14.8 Å². The fourth-order valence-corrected chi connectivity index (χ4v) is 4.63. The van der Waals surface area contributed by atoms with Gasteiger partial charge < -0.3 is 9.64 Å². The van der Waals surface area contributed by atoms with Crippen LogP contribution in [0, 0.1) is 5.41 Å². The molecule has 0 aromatic carbocycles. The minimum absolute atomic E-state index is 0.254. The van der Waals surface area contributed by atoms with Gasteiger partial charge in [0.15, 0.2) is 0 Å². The summed E-state index contributed by atoms with van der Waals surface area (Å²) in [6.45, 7) is 5.93. The van der Waals surface area contributed by atoms with Crippen molar-refractivity contribution < 1.29 is 9.53 Å². The lowest BCUT2D eigenvalue weighted by Gasteiger charge is -2.41. The lowest BCUT2D eigenvalue weighted by Crippen LogP contribution is -2.48. The summed E-state index contributed by atoms with van der Waals surface area (Å²) in [4.78, 5) is 21.5. The summed E-state index contributed by atoms with van der Waals surface area (Å²) >= 11 is 0. The third-order valence-electron chi connectivity index (χ3n) is 5.98. The zero-order valence-corrected chi connectivity index (χ0v) is 14.3. The number of hydrogen-bond donors (Lipinski definition) is 0. The van der Waals surface area contributed by atoms with Crippen LogP contribution in [0.25, 0.3) is 0 Å². The molecular formula is C19H27N3O2. The van der Waals surface area contributed by atoms with E-state index in [-0.39, 0.29) is 5.91 Å². The van der Waals surface area contributed by atoms with Gasteiger partial charge in [0.2, 0.25) is 5.91 Å². The molecule has 2 atom stereocenters. The summed E-state index contributed by atoms with van der Waals surface area (Å²) in [5.41, 5.74) is 1.32. The highest BCUT2D eigenvalue weighted by Crippen LogP contribution is 2.40. The van der Waals surface area contributed by atoms with Crippen molar-refractivity contribution in [1.82, 2.24) is 14.8 Å². The number of amides is 1. The van der Waals surface area contributed by atoms with E-state index in [9.17, 15) is 4.79 Å². The van der Waals surface area contributed by atoms with Crippen molar-refractivity contribution in [2.75, 3.05) is 39.4 Å². The SMILES string of the molecule is O=C(Cc1cccnc1)N1CCCC2(CCN(C3CCOC3)C2)C1. The van der Waals surface area contributed by atoms with Crippen LogP contribution in [-0.4, -0.2) is 66.1 Å². The first-order valence-electron chi connectivity index (χ1n) is 9.23. The second-order valence-electron chi connectivity index (χ2n) is 7.69. The Morgan fingerprint density at radius 2 is 2.29 bits per heavy atom. The number of aromatic nitrogens is 1. The first-order valence-corrected chi connectivity index (χ1v) is 9.23. The number of pyridine rings is 1. The third-order valence-corrected chi connectivity index (χ3v) is 5.98. The molecule has 3 aliphatic rings. The fraction of sp³-hybridized carbons (Fsp3) is 0.684. The van der Waals surface area contributed by atoms with Gasteiger partial charge in [0.1, 0.15) is 0 Å².